The average molecular weight is 516 g/mol. The van der Waals surface area contributed by atoms with Crippen molar-refractivity contribution in [2.75, 3.05) is 11.1 Å². The molecule has 0 saturated heterocycles. The second-order valence-corrected chi connectivity index (χ2v) is 10.4. The number of benzene rings is 2. The van der Waals surface area contributed by atoms with E-state index in [-0.39, 0.29) is 11.7 Å². The van der Waals surface area contributed by atoms with Gasteiger partial charge in [0.1, 0.15) is 5.82 Å². The van der Waals surface area contributed by atoms with E-state index in [0.29, 0.717) is 32.7 Å². The van der Waals surface area contributed by atoms with E-state index in [1.54, 1.807) is 12.1 Å². The first-order chi connectivity index (χ1) is 16.0. The molecule has 168 valence electrons. The molecule has 2 heterocycles. The Bertz CT molecular complexity index is 1310. The van der Waals surface area contributed by atoms with Crippen molar-refractivity contribution < 1.29 is 4.79 Å². The summed E-state index contributed by atoms with van der Waals surface area (Å²) < 4.78 is 2.00. The van der Waals surface area contributed by atoms with Crippen LogP contribution in [0.4, 0.5) is 5.13 Å². The number of anilines is 1. The fourth-order valence-corrected chi connectivity index (χ4v) is 5.71. The summed E-state index contributed by atoms with van der Waals surface area (Å²) in [4.78, 5) is 17.0. The summed E-state index contributed by atoms with van der Waals surface area (Å²) in [6.07, 6.45) is 1.07. The van der Waals surface area contributed by atoms with Gasteiger partial charge >= 0.3 is 0 Å². The van der Waals surface area contributed by atoms with Crippen molar-refractivity contribution in [3.63, 3.8) is 0 Å². The van der Waals surface area contributed by atoms with E-state index >= 15 is 0 Å². The summed E-state index contributed by atoms with van der Waals surface area (Å²) in [5, 5.41) is 15.7. The van der Waals surface area contributed by atoms with Crippen molar-refractivity contribution in [2.24, 2.45) is 7.05 Å². The molecule has 0 bridgehead atoms. The number of aromatic nitrogens is 4. The summed E-state index contributed by atoms with van der Waals surface area (Å²) in [6, 6.07) is 15.7. The first-order valence-corrected chi connectivity index (χ1v) is 12.9. The number of halogens is 2. The van der Waals surface area contributed by atoms with Gasteiger partial charge in [-0.05, 0) is 36.1 Å². The molecule has 1 saturated carbocycles. The van der Waals surface area contributed by atoms with Crippen LogP contribution in [0.2, 0.25) is 10.0 Å². The van der Waals surface area contributed by atoms with Gasteiger partial charge in [-0.3, -0.25) is 4.79 Å². The number of thioether (sulfide) groups is 1. The summed E-state index contributed by atoms with van der Waals surface area (Å²) in [5.74, 6) is 1.90. The molecule has 2 unspecified atom stereocenters. The van der Waals surface area contributed by atoms with Crippen molar-refractivity contribution in [2.45, 2.75) is 23.4 Å². The number of nitrogens with zero attached hydrogens (tertiary/aromatic N) is 4. The van der Waals surface area contributed by atoms with E-state index in [0.717, 1.165) is 23.0 Å². The second-order valence-electron chi connectivity index (χ2n) is 7.76. The van der Waals surface area contributed by atoms with Gasteiger partial charge < -0.3 is 9.88 Å². The molecule has 6 nitrogen and oxygen atoms in total. The maximum absolute atomic E-state index is 12.5. The smallest absolute Gasteiger partial charge is 0.236 e. The van der Waals surface area contributed by atoms with Crippen LogP contribution in [-0.4, -0.2) is 31.4 Å². The molecule has 1 N–H and O–H groups in total. The molecule has 33 heavy (non-hydrogen) atoms. The van der Waals surface area contributed by atoms with Gasteiger partial charge in [0, 0.05) is 28.9 Å². The van der Waals surface area contributed by atoms with Crippen LogP contribution in [0.3, 0.4) is 0 Å². The number of thiazole rings is 1. The molecular formula is C23H19Cl2N5OS2. The van der Waals surface area contributed by atoms with E-state index in [1.807, 2.05) is 29.1 Å². The summed E-state index contributed by atoms with van der Waals surface area (Å²) in [6.45, 7) is 0. The van der Waals surface area contributed by atoms with E-state index in [1.165, 1.54) is 28.7 Å². The zero-order chi connectivity index (χ0) is 22.9. The minimum Gasteiger partial charge on any atom is -0.309 e. The lowest BCUT2D eigenvalue weighted by molar-refractivity contribution is -0.113. The summed E-state index contributed by atoms with van der Waals surface area (Å²) in [5.41, 5.74) is 2.80. The van der Waals surface area contributed by atoms with Crippen LogP contribution in [-0.2, 0) is 11.8 Å². The summed E-state index contributed by atoms with van der Waals surface area (Å²) in [7, 11) is 1.96. The fraction of sp³-hybridized carbons (Fsp3) is 0.217. The highest BCUT2D eigenvalue weighted by Crippen LogP contribution is 2.54. The number of nitrogens with one attached hydrogen (secondary N) is 1. The normalized spacial score (nSPS) is 17.2. The third kappa shape index (κ3) is 4.94. The molecule has 1 fully saturated rings. The van der Waals surface area contributed by atoms with Gasteiger partial charge in [-0.25, -0.2) is 4.98 Å². The Morgan fingerprint density at radius 1 is 1.18 bits per heavy atom. The predicted molar refractivity (Wildman–Crippen MR) is 134 cm³/mol. The Hall–Kier alpha value is -2.39. The van der Waals surface area contributed by atoms with Crippen LogP contribution in [0, 0.1) is 0 Å². The van der Waals surface area contributed by atoms with Crippen LogP contribution in [0.25, 0.3) is 11.3 Å². The van der Waals surface area contributed by atoms with Crippen molar-refractivity contribution in [3.8, 4) is 11.3 Å². The molecule has 2 aromatic heterocycles. The molecule has 1 amide bonds. The zero-order valence-corrected chi connectivity index (χ0v) is 20.7. The molecule has 0 spiro atoms. The number of hydrogen-bond acceptors (Lipinski definition) is 6. The van der Waals surface area contributed by atoms with E-state index in [4.69, 9.17) is 23.2 Å². The first kappa shape index (κ1) is 22.4. The van der Waals surface area contributed by atoms with Crippen molar-refractivity contribution >= 4 is 57.3 Å². The quantitative estimate of drug-likeness (QED) is 0.294. The maximum Gasteiger partial charge on any atom is 0.236 e. The molecule has 2 aromatic carbocycles. The third-order valence-electron chi connectivity index (χ3n) is 5.51. The summed E-state index contributed by atoms with van der Waals surface area (Å²) >= 11 is 14.9. The number of amides is 1. The largest absolute Gasteiger partial charge is 0.309 e. The molecule has 1 aliphatic rings. The lowest BCUT2D eigenvalue weighted by atomic mass is 10.1. The molecule has 4 aromatic rings. The van der Waals surface area contributed by atoms with Gasteiger partial charge in [-0.15, -0.1) is 21.5 Å². The Labute approximate surface area is 209 Å². The average Bonchev–Trinajstić information content (AvgIpc) is 3.32. The Morgan fingerprint density at radius 2 is 2.00 bits per heavy atom. The molecule has 0 aliphatic heterocycles. The lowest BCUT2D eigenvalue weighted by Crippen LogP contribution is -2.14. The van der Waals surface area contributed by atoms with Crippen LogP contribution < -0.4 is 5.32 Å². The molecular weight excluding hydrogens is 497 g/mol. The zero-order valence-electron chi connectivity index (χ0n) is 17.5. The SMILES string of the molecule is Cn1c(SCC(=O)Nc2nc(-c3ccc(Cl)cc3Cl)cs2)nnc1C1CC1c1ccccc1. The fourth-order valence-electron chi connectivity index (χ4n) is 3.76. The van der Waals surface area contributed by atoms with Gasteiger partial charge in [-0.1, -0.05) is 65.3 Å². The first-order valence-electron chi connectivity index (χ1n) is 10.3. The highest BCUT2D eigenvalue weighted by molar-refractivity contribution is 7.99. The minimum absolute atomic E-state index is 0.152. The third-order valence-corrected chi connectivity index (χ3v) is 7.83. The highest BCUT2D eigenvalue weighted by atomic mass is 35.5. The second kappa shape index (κ2) is 9.46. The van der Waals surface area contributed by atoms with Gasteiger partial charge in [-0.2, -0.15) is 0 Å². The Balaban J connectivity index is 1.18. The van der Waals surface area contributed by atoms with Gasteiger partial charge in [0.05, 0.1) is 16.5 Å². The lowest BCUT2D eigenvalue weighted by Gasteiger charge is -2.04. The standard InChI is InChI=1S/C23H19Cl2N5OS2/c1-30-21(17-10-16(17)13-5-3-2-4-6-13)28-29-23(30)33-12-20(31)27-22-26-19(11-32-22)15-8-7-14(24)9-18(15)25/h2-9,11,16-17H,10,12H2,1H3,(H,26,27,31). The van der Waals surface area contributed by atoms with Crippen molar-refractivity contribution in [1.82, 2.24) is 19.7 Å². The molecule has 10 heteroatoms. The van der Waals surface area contributed by atoms with Crippen LogP contribution in [0.5, 0.6) is 0 Å². The number of carbonyl (C=O) groups is 1. The van der Waals surface area contributed by atoms with Gasteiger partial charge in [0.25, 0.3) is 0 Å². The molecule has 1 aliphatic carbocycles. The highest BCUT2D eigenvalue weighted by Gasteiger charge is 2.42. The van der Waals surface area contributed by atoms with Crippen molar-refractivity contribution in [1.29, 1.82) is 0 Å². The monoisotopic (exact) mass is 515 g/mol. The minimum atomic E-state index is -0.152. The Kier molecular flexibility index (Phi) is 6.42. The van der Waals surface area contributed by atoms with E-state index < -0.39 is 0 Å². The van der Waals surface area contributed by atoms with Crippen LogP contribution in [0.1, 0.15) is 29.6 Å². The van der Waals surface area contributed by atoms with Gasteiger partial charge in [0.15, 0.2) is 10.3 Å². The molecule has 2 atom stereocenters. The van der Waals surface area contributed by atoms with E-state index in [2.05, 4.69) is 44.8 Å². The maximum atomic E-state index is 12.5. The van der Waals surface area contributed by atoms with Crippen molar-refractivity contribution in [3.05, 3.63) is 75.3 Å². The van der Waals surface area contributed by atoms with Crippen LogP contribution >= 0.6 is 46.3 Å². The van der Waals surface area contributed by atoms with Crippen LogP contribution in [0.15, 0.2) is 59.1 Å². The molecule has 0 radical (unpaired) electrons. The molecule has 5 rings (SSSR count). The topological polar surface area (TPSA) is 72.7 Å². The van der Waals surface area contributed by atoms with E-state index in [9.17, 15) is 4.79 Å². The van der Waals surface area contributed by atoms with Gasteiger partial charge in [0.2, 0.25) is 5.91 Å². The Morgan fingerprint density at radius 3 is 2.79 bits per heavy atom. The predicted octanol–water partition coefficient (Wildman–Crippen LogP) is 6.25. The number of hydrogen-bond donors (Lipinski definition) is 1. The number of carbonyl (C=O) groups excluding carboxylic acids is 1. The number of rotatable bonds is 7.